The van der Waals surface area contributed by atoms with E-state index in [1.807, 2.05) is 24.3 Å². The molecule has 2 aliphatic heterocycles. The van der Waals surface area contributed by atoms with Crippen LogP contribution >= 0.6 is 0 Å². The second kappa shape index (κ2) is 11.9. The van der Waals surface area contributed by atoms with Crippen LogP contribution in [0.1, 0.15) is 65.7 Å². The van der Waals surface area contributed by atoms with Gasteiger partial charge in [0.1, 0.15) is 11.8 Å². The maximum atomic E-state index is 12.6. The number of carbonyl (C=O) groups excluding carboxylic acids is 3. The predicted octanol–water partition coefficient (Wildman–Crippen LogP) is 2.61. The van der Waals surface area contributed by atoms with Gasteiger partial charge in [0.2, 0.25) is 11.7 Å². The minimum Gasteiger partial charge on any atom is -0.460 e. The molecule has 0 radical (unpaired) electrons. The van der Waals surface area contributed by atoms with Crippen molar-refractivity contribution < 1.29 is 23.5 Å². The maximum Gasteiger partial charge on any atom is 0.374 e. The molecule has 0 saturated carbocycles. The third-order valence-corrected chi connectivity index (χ3v) is 6.53. The SMILES string of the molecule is CCOC(=O)c1ccc(CNC2CCN(c3ccc(C(=O)N[C@H]4CCCCNC4=O)cc3)CC2)o1. The van der Waals surface area contributed by atoms with Gasteiger partial charge in [-0.1, -0.05) is 0 Å². The highest BCUT2D eigenvalue weighted by Gasteiger charge is 2.24. The Balaban J connectivity index is 1.22. The molecule has 9 nitrogen and oxygen atoms in total. The van der Waals surface area contributed by atoms with Gasteiger partial charge in [-0.25, -0.2) is 4.79 Å². The van der Waals surface area contributed by atoms with Crippen LogP contribution in [-0.4, -0.2) is 56.1 Å². The zero-order valence-corrected chi connectivity index (χ0v) is 20.2. The molecule has 1 aromatic heterocycles. The number of nitrogens with zero attached hydrogens (tertiary/aromatic N) is 1. The van der Waals surface area contributed by atoms with Crippen molar-refractivity contribution in [3.8, 4) is 0 Å². The number of carbonyl (C=O) groups is 3. The number of nitrogens with one attached hydrogen (secondary N) is 3. The summed E-state index contributed by atoms with van der Waals surface area (Å²) >= 11 is 0. The molecular weight excluding hydrogens is 448 g/mol. The summed E-state index contributed by atoms with van der Waals surface area (Å²) < 4.78 is 10.5. The molecule has 3 N–H and O–H groups in total. The Hall–Kier alpha value is -3.33. The fourth-order valence-electron chi connectivity index (χ4n) is 4.51. The first-order chi connectivity index (χ1) is 17.0. The average Bonchev–Trinajstić information content (AvgIpc) is 3.27. The maximum absolute atomic E-state index is 12.6. The third kappa shape index (κ3) is 6.63. The molecule has 1 aromatic carbocycles. The molecule has 0 bridgehead atoms. The predicted molar refractivity (Wildman–Crippen MR) is 131 cm³/mol. The lowest BCUT2D eigenvalue weighted by molar-refractivity contribution is -0.122. The molecule has 2 aliphatic rings. The third-order valence-electron chi connectivity index (χ3n) is 6.53. The van der Waals surface area contributed by atoms with Crippen LogP contribution in [0.4, 0.5) is 5.69 Å². The molecule has 0 aliphatic carbocycles. The number of ether oxygens (including phenoxy) is 1. The summed E-state index contributed by atoms with van der Waals surface area (Å²) in [6.07, 6.45) is 4.49. The van der Waals surface area contributed by atoms with E-state index in [1.54, 1.807) is 19.1 Å². The monoisotopic (exact) mass is 482 g/mol. The van der Waals surface area contributed by atoms with Crippen LogP contribution < -0.4 is 20.9 Å². The Bertz CT molecular complexity index is 1010. The van der Waals surface area contributed by atoms with Crippen molar-refractivity contribution in [2.24, 2.45) is 0 Å². The molecule has 188 valence electrons. The number of hydrogen-bond donors (Lipinski definition) is 3. The molecule has 2 fully saturated rings. The lowest BCUT2D eigenvalue weighted by atomic mass is 10.0. The fraction of sp³-hybridized carbons (Fsp3) is 0.500. The van der Waals surface area contributed by atoms with Crippen molar-refractivity contribution in [1.82, 2.24) is 16.0 Å². The lowest BCUT2D eigenvalue weighted by Crippen LogP contribution is -2.45. The fourth-order valence-corrected chi connectivity index (χ4v) is 4.51. The minimum atomic E-state index is -0.464. The number of rotatable bonds is 8. The summed E-state index contributed by atoms with van der Waals surface area (Å²) in [5.74, 6) is 0.185. The normalized spacial score (nSPS) is 19.1. The van der Waals surface area contributed by atoms with E-state index in [4.69, 9.17) is 9.15 Å². The number of esters is 1. The van der Waals surface area contributed by atoms with E-state index in [2.05, 4.69) is 20.9 Å². The van der Waals surface area contributed by atoms with E-state index in [1.165, 1.54) is 0 Å². The van der Waals surface area contributed by atoms with Gasteiger partial charge in [-0.2, -0.15) is 0 Å². The summed E-state index contributed by atoms with van der Waals surface area (Å²) in [6, 6.07) is 10.9. The molecule has 0 spiro atoms. The topological polar surface area (TPSA) is 113 Å². The summed E-state index contributed by atoms with van der Waals surface area (Å²) in [6.45, 7) is 5.12. The van der Waals surface area contributed by atoms with Crippen LogP contribution in [0.3, 0.4) is 0 Å². The van der Waals surface area contributed by atoms with E-state index < -0.39 is 12.0 Å². The molecular formula is C26H34N4O5. The number of benzene rings is 1. The summed E-state index contributed by atoms with van der Waals surface area (Å²) in [5.41, 5.74) is 1.64. The van der Waals surface area contributed by atoms with Crippen molar-refractivity contribution in [3.63, 3.8) is 0 Å². The number of hydrogen-bond acceptors (Lipinski definition) is 7. The van der Waals surface area contributed by atoms with Gasteiger partial charge in [0, 0.05) is 36.9 Å². The van der Waals surface area contributed by atoms with Crippen molar-refractivity contribution in [3.05, 3.63) is 53.5 Å². The van der Waals surface area contributed by atoms with E-state index in [-0.39, 0.29) is 17.6 Å². The molecule has 2 aromatic rings. The summed E-state index contributed by atoms with van der Waals surface area (Å²) in [5, 5.41) is 9.22. The van der Waals surface area contributed by atoms with Crippen LogP contribution in [0.2, 0.25) is 0 Å². The first kappa shape index (κ1) is 24.8. The van der Waals surface area contributed by atoms with Crippen LogP contribution in [0.25, 0.3) is 0 Å². The number of amides is 2. The van der Waals surface area contributed by atoms with Gasteiger partial charge >= 0.3 is 5.97 Å². The van der Waals surface area contributed by atoms with Crippen molar-refractivity contribution >= 4 is 23.5 Å². The Labute approximate surface area is 205 Å². The van der Waals surface area contributed by atoms with E-state index in [9.17, 15) is 14.4 Å². The number of anilines is 1. The first-order valence-electron chi connectivity index (χ1n) is 12.5. The molecule has 2 amide bonds. The van der Waals surface area contributed by atoms with Crippen molar-refractivity contribution in [1.29, 1.82) is 0 Å². The van der Waals surface area contributed by atoms with Crippen molar-refractivity contribution in [2.45, 2.75) is 57.7 Å². The quantitative estimate of drug-likeness (QED) is 0.496. The smallest absolute Gasteiger partial charge is 0.374 e. The molecule has 1 atom stereocenters. The van der Waals surface area contributed by atoms with Crippen LogP contribution in [-0.2, 0) is 16.1 Å². The van der Waals surface area contributed by atoms with E-state index >= 15 is 0 Å². The molecule has 3 heterocycles. The van der Waals surface area contributed by atoms with Gasteiger partial charge < -0.3 is 30.0 Å². The Morgan fingerprint density at radius 1 is 1.09 bits per heavy atom. The van der Waals surface area contributed by atoms with Crippen LogP contribution in [0.15, 0.2) is 40.8 Å². The van der Waals surface area contributed by atoms with Crippen molar-refractivity contribution in [2.75, 3.05) is 31.1 Å². The number of furan rings is 1. The largest absolute Gasteiger partial charge is 0.460 e. The minimum absolute atomic E-state index is 0.101. The van der Waals surface area contributed by atoms with Gasteiger partial charge in [0.05, 0.1) is 13.2 Å². The number of piperidine rings is 1. The molecule has 0 unspecified atom stereocenters. The Kier molecular flexibility index (Phi) is 8.41. The van der Waals surface area contributed by atoms with Gasteiger partial charge in [-0.3, -0.25) is 9.59 Å². The summed E-state index contributed by atoms with van der Waals surface area (Å²) in [7, 11) is 0. The highest BCUT2D eigenvalue weighted by molar-refractivity contribution is 5.97. The average molecular weight is 483 g/mol. The second-order valence-electron chi connectivity index (χ2n) is 8.99. The van der Waals surface area contributed by atoms with Crippen LogP contribution in [0, 0.1) is 0 Å². The van der Waals surface area contributed by atoms with E-state index in [0.717, 1.165) is 44.5 Å². The molecule has 9 heteroatoms. The lowest BCUT2D eigenvalue weighted by Gasteiger charge is -2.34. The molecule has 4 rings (SSSR count). The standard InChI is InChI=1S/C26H34N4O5/c1-2-34-26(33)23-11-10-21(35-23)17-28-19-12-15-30(16-13-19)20-8-6-18(7-9-20)24(31)29-22-5-3-4-14-27-25(22)32/h6-11,19,22,28H,2-5,12-17H2,1H3,(H,27,32)(H,29,31)/t22-/m0/s1. The van der Waals surface area contributed by atoms with Gasteiger partial charge in [0.25, 0.3) is 5.91 Å². The zero-order valence-electron chi connectivity index (χ0n) is 20.2. The molecule has 2 saturated heterocycles. The van der Waals surface area contributed by atoms with E-state index in [0.29, 0.717) is 43.5 Å². The first-order valence-corrected chi connectivity index (χ1v) is 12.5. The highest BCUT2D eigenvalue weighted by atomic mass is 16.5. The van der Waals surface area contributed by atoms with Gasteiger partial charge in [-0.15, -0.1) is 0 Å². The second-order valence-corrected chi connectivity index (χ2v) is 8.99. The Morgan fingerprint density at radius 2 is 1.86 bits per heavy atom. The zero-order chi connectivity index (χ0) is 24.6. The Morgan fingerprint density at radius 3 is 2.60 bits per heavy atom. The van der Waals surface area contributed by atoms with Gasteiger partial charge in [-0.05, 0) is 75.4 Å². The molecule has 35 heavy (non-hydrogen) atoms. The van der Waals surface area contributed by atoms with Gasteiger partial charge in [0.15, 0.2) is 0 Å². The van der Waals surface area contributed by atoms with Crippen LogP contribution in [0.5, 0.6) is 0 Å². The highest BCUT2D eigenvalue weighted by Crippen LogP contribution is 2.21. The summed E-state index contributed by atoms with van der Waals surface area (Å²) in [4.78, 5) is 38.7.